The van der Waals surface area contributed by atoms with Crippen molar-refractivity contribution < 1.29 is 9.63 Å². The van der Waals surface area contributed by atoms with Gasteiger partial charge in [0.05, 0.1) is 15.2 Å². The maximum absolute atomic E-state index is 11.9. The number of oxime groups is 1. The quantitative estimate of drug-likeness (QED) is 0.451. The summed E-state index contributed by atoms with van der Waals surface area (Å²) in [7, 11) is 1.70. The van der Waals surface area contributed by atoms with Gasteiger partial charge in [-0.25, -0.2) is 4.79 Å². The number of halogens is 3. The topological polar surface area (TPSA) is 56.5 Å². The lowest BCUT2D eigenvalue weighted by Crippen LogP contribution is -2.06. The normalized spacial score (nSPS) is 11.6. The van der Waals surface area contributed by atoms with Crippen LogP contribution in [0.15, 0.2) is 34.0 Å². The van der Waals surface area contributed by atoms with Crippen molar-refractivity contribution >= 4 is 50.8 Å². The summed E-state index contributed by atoms with van der Waals surface area (Å²) < 4.78 is 2.03. The van der Waals surface area contributed by atoms with E-state index in [1.54, 1.807) is 38.4 Å². The summed E-state index contributed by atoms with van der Waals surface area (Å²) in [5.74, 6) is -0.660. The fourth-order valence-corrected chi connectivity index (χ4v) is 2.67. The number of hydrogen-bond acceptors (Lipinski definition) is 4. The molecule has 0 atom stereocenters. The number of hydrogen-bond donors (Lipinski definition) is 0. The van der Waals surface area contributed by atoms with E-state index in [1.165, 1.54) is 4.68 Å². The summed E-state index contributed by atoms with van der Waals surface area (Å²) in [4.78, 5) is 16.7. The van der Waals surface area contributed by atoms with Crippen molar-refractivity contribution in [1.82, 2.24) is 9.78 Å². The first-order valence-corrected chi connectivity index (χ1v) is 7.34. The van der Waals surface area contributed by atoms with Crippen LogP contribution in [0.5, 0.6) is 0 Å². The molecule has 21 heavy (non-hydrogen) atoms. The van der Waals surface area contributed by atoms with E-state index in [0.29, 0.717) is 25.8 Å². The molecule has 5 nitrogen and oxygen atoms in total. The molecule has 0 aliphatic heterocycles. The molecule has 1 aromatic carbocycles. The molecule has 0 N–H and O–H groups in total. The lowest BCUT2D eigenvalue weighted by molar-refractivity contribution is 0.0507. The first kappa shape index (κ1) is 16.0. The van der Waals surface area contributed by atoms with Crippen molar-refractivity contribution in [1.29, 1.82) is 0 Å². The van der Waals surface area contributed by atoms with Crippen molar-refractivity contribution in [2.24, 2.45) is 12.2 Å². The molecular weight excluding hydrogens is 381 g/mol. The van der Waals surface area contributed by atoms with Crippen LogP contribution in [0.3, 0.4) is 0 Å². The van der Waals surface area contributed by atoms with Crippen molar-refractivity contribution in [2.75, 3.05) is 0 Å². The van der Waals surface area contributed by atoms with Crippen molar-refractivity contribution in [2.45, 2.75) is 6.92 Å². The molecule has 1 heterocycles. The van der Waals surface area contributed by atoms with E-state index in [2.05, 4.69) is 26.2 Å². The summed E-state index contributed by atoms with van der Waals surface area (Å²) in [6.45, 7) is 1.68. The van der Waals surface area contributed by atoms with Crippen LogP contribution in [0.4, 0.5) is 0 Å². The Balaban J connectivity index is 2.17. The Labute approximate surface area is 139 Å². The number of nitrogens with zero attached hydrogens (tertiary/aromatic N) is 3. The minimum absolute atomic E-state index is 0.149. The smallest absolute Gasteiger partial charge is 0.311 e. The van der Waals surface area contributed by atoms with E-state index in [0.717, 1.165) is 0 Å². The van der Waals surface area contributed by atoms with Gasteiger partial charge in [0.25, 0.3) is 0 Å². The number of carbonyl (C=O) groups excluding carboxylic acids is 1. The molecule has 0 aliphatic rings. The predicted molar refractivity (Wildman–Crippen MR) is 85.0 cm³/mol. The Morgan fingerprint density at radius 1 is 1.43 bits per heavy atom. The van der Waals surface area contributed by atoms with Crippen LogP contribution in [0.2, 0.25) is 10.0 Å². The van der Waals surface area contributed by atoms with Gasteiger partial charge in [0.1, 0.15) is 0 Å². The van der Waals surface area contributed by atoms with E-state index in [1.807, 2.05) is 0 Å². The monoisotopic (exact) mass is 389 g/mol. The Bertz CT molecular complexity index is 728. The second kappa shape index (κ2) is 6.60. The Hall–Kier alpha value is -1.37. The summed E-state index contributed by atoms with van der Waals surface area (Å²) >= 11 is 15.1. The zero-order chi connectivity index (χ0) is 15.6. The molecular formula is C13H10BrCl2N3O2. The molecule has 1 aromatic heterocycles. The van der Waals surface area contributed by atoms with Crippen molar-refractivity contribution in [3.8, 4) is 0 Å². The molecule has 2 rings (SSSR count). The fraction of sp³-hybridized carbons (Fsp3) is 0.154. The Morgan fingerprint density at radius 3 is 2.71 bits per heavy atom. The van der Waals surface area contributed by atoms with Crippen molar-refractivity contribution in [3.63, 3.8) is 0 Å². The Morgan fingerprint density at radius 2 is 2.14 bits per heavy atom. The second-order valence-corrected chi connectivity index (χ2v) is 5.88. The molecule has 110 valence electrons. The van der Waals surface area contributed by atoms with Crippen LogP contribution in [-0.4, -0.2) is 21.5 Å². The van der Waals surface area contributed by atoms with Gasteiger partial charge in [-0.3, -0.25) is 4.68 Å². The van der Waals surface area contributed by atoms with Gasteiger partial charge in [-0.15, -0.1) is 0 Å². The summed E-state index contributed by atoms with van der Waals surface area (Å²) in [6, 6.07) is 4.97. The third kappa shape index (κ3) is 3.84. The zero-order valence-electron chi connectivity index (χ0n) is 11.1. The number of benzene rings is 1. The lowest BCUT2D eigenvalue weighted by atomic mass is 10.1. The predicted octanol–water partition coefficient (Wildman–Crippen LogP) is 4.07. The number of aromatic nitrogens is 2. The van der Waals surface area contributed by atoms with Crippen LogP contribution in [0, 0.1) is 0 Å². The van der Waals surface area contributed by atoms with Crippen LogP contribution in [0.25, 0.3) is 0 Å². The molecule has 0 saturated carbocycles. The minimum Gasteiger partial charge on any atom is -0.311 e. The highest BCUT2D eigenvalue weighted by atomic mass is 79.9. The first-order valence-electron chi connectivity index (χ1n) is 5.79. The van der Waals surface area contributed by atoms with Crippen LogP contribution in [-0.2, 0) is 11.9 Å². The highest BCUT2D eigenvalue weighted by Gasteiger charge is 2.16. The number of aryl methyl sites for hydroxylation is 1. The van der Waals surface area contributed by atoms with E-state index in [4.69, 9.17) is 28.0 Å². The third-order valence-electron chi connectivity index (χ3n) is 2.56. The van der Waals surface area contributed by atoms with Crippen LogP contribution >= 0.6 is 39.1 Å². The SMILES string of the molecule is C/C(=N/OC(=O)c1nn(C)cc1Br)c1ccc(Cl)cc1Cl. The van der Waals surface area contributed by atoms with Gasteiger partial charge in [-0.2, -0.15) is 5.10 Å². The molecule has 0 bridgehead atoms. The average Bonchev–Trinajstić information content (AvgIpc) is 2.74. The fourth-order valence-electron chi connectivity index (χ4n) is 1.58. The maximum Gasteiger partial charge on any atom is 0.386 e. The van der Waals surface area contributed by atoms with Gasteiger partial charge in [-0.05, 0) is 35.0 Å². The van der Waals surface area contributed by atoms with Gasteiger partial charge in [-0.1, -0.05) is 34.4 Å². The molecule has 0 spiro atoms. The van der Waals surface area contributed by atoms with E-state index >= 15 is 0 Å². The molecule has 0 radical (unpaired) electrons. The first-order chi connectivity index (χ1) is 9.88. The second-order valence-electron chi connectivity index (χ2n) is 4.18. The Kier molecular flexibility index (Phi) is 5.03. The zero-order valence-corrected chi connectivity index (χ0v) is 14.2. The maximum atomic E-state index is 11.9. The van der Waals surface area contributed by atoms with Gasteiger partial charge >= 0.3 is 5.97 Å². The van der Waals surface area contributed by atoms with E-state index in [9.17, 15) is 4.79 Å². The van der Waals surface area contributed by atoms with E-state index < -0.39 is 5.97 Å². The molecule has 0 saturated heterocycles. The van der Waals surface area contributed by atoms with Crippen LogP contribution < -0.4 is 0 Å². The summed E-state index contributed by atoms with van der Waals surface area (Å²) in [5.41, 5.74) is 1.24. The average molecular weight is 391 g/mol. The third-order valence-corrected chi connectivity index (χ3v) is 3.69. The molecule has 0 aliphatic carbocycles. The summed E-state index contributed by atoms with van der Waals surface area (Å²) in [5, 5.41) is 8.70. The minimum atomic E-state index is -0.660. The number of carbonyl (C=O) groups is 1. The van der Waals surface area contributed by atoms with Gasteiger partial charge in [0.15, 0.2) is 5.69 Å². The molecule has 2 aromatic rings. The van der Waals surface area contributed by atoms with Gasteiger partial charge < -0.3 is 4.84 Å². The molecule has 0 amide bonds. The van der Waals surface area contributed by atoms with Gasteiger partial charge in [0.2, 0.25) is 0 Å². The van der Waals surface area contributed by atoms with Gasteiger partial charge in [0, 0.05) is 23.8 Å². The molecule has 0 unspecified atom stereocenters. The lowest BCUT2D eigenvalue weighted by Gasteiger charge is -2.03. The van der Waals surface area contributed by atoms with Crippen molar-refractivity contribution in [3.05, 3.63) is 50.2 Å². The van der Waals surface area contributed by atoms with E-state index in [-0.39, 0.29) is 5.69 Å². The molecule has 8 heteroatoms. The summed E-state index contributed by atoms with van der Waals surface area (Å²) in [6.07, 6.45) is 1.64. The number of rotatable bonds is 3. The standard InChI is InChI=1S/C13H10BrCl2N3O2/c1-7(9-4-3-8(15)5-11(9)16)18-21-13(20)12-10(14)6-19(2)17-12/h3-6H,1-2H3/b18-7-. The highest BCUT2D eigenvalue weighted by molar-refractivity contribution is 9.10. The highest BCUT2D eigenvalue weighted by Crippen LogP contribution is 2.22. The largest absolute Gasteiger partial charge is 0.386 e. The molecule has 0 fully saturated rings. The van der Waals surface area contributed by atoms with Crippen LogP contribution in [0.1, 0.15) is 23.0 Å².